The van der Waals surface area contributed by atoms with Crippen LogP contribution in [0.15, 0.2) is 72.0 Å². The first-order chi connectivity index (χ1) is 14.8. The molecule has 0 unspecified atom stereocenters. The Kier molecular flexibility index (Phi) is 8.45. The third kappa shape index (κ3) is 6.30. The molecule has 2 aromatic heterocycles. The Balaban J connectivity index is 0.00000272. The third-order valence-electron chi connectivity index (χ3n) is 4.81. The standard InChI is InChI=1S/C23H27N7.HI/c1-2-24-23(26-16-13-22-28-20-6-3-4-7-21(20)29-22)25-15-12-18-8-10-19(11-9-18)30-17-5-14-27-30;/h3-11,14,17H,2,12-13,15-16H2,1H3,(H,28,29)(H2,24,25,26);1H. The topological polar surface area (TPSA) is 82.9 Å². The van der Waals surface area contributed by atoms with Crippen molar-refractivity contribution >= 4 is 41.0 Å². The number of H-pyrrole nitrogens is 1. The van der Waals surface area contributed by atoms with E-state index in [9.17, 15) is 0 Å². The van der Waals surface area contributed by atoms with Crippen LogP contribution in [0.4, 0.5) is 0 Å². The number of para-hydroxylation sites is 2. The van der Waals surface area contributed by atoms with Crippen molar-refractivity contribution in [1.29, 1.82) is 0 Å². The molecular formula is C23H28IN7. The first-order valence-corrected chi connectivity index (χ1v) is 10.4. The Morgan fingerprint density at radius 1 is 1.03 bits per heavy atom. The summed E-state index contributed by atoms with van der Waals surface area (Å²) in [5, 5.41) is 11.0. The van der Waals surface area contributed by atoms with Crippen molar-refractivity contribution in [2.24, 2.45) is 4.99 Å². The van der Waals surface area contributed by atoms with Crippen molar-refractivity contribution in [2.75, 3.05) is 19.6 Å². The second-order valence-corrected chi connectivity index (χ2v) is 7.01. The molecule has 0 saturated carbocycles. The second-order valence-electron chi connectivity index (χ2n) is 7.01. The number of nitrogens with one attached hydrogen (secondary N) is 3. The maximum atomic E-state index is 4.68. The normalized spacial score (nSPS) is 11.3. The maximum absolute atomic E-state index is 4.68. The zero-order valence-electron chi connectivity index (χ0n) is 17.6. The first-order valence-electron chi connectivity index (χ1n) is 10.4. The van der Waals surface area contributed by atoms with Gasteiger partial charge in [0.15, 0.2) is 5.96 Å². The van der Waals surface area contributed by atoms with Crippen molar-refractivity contribution in [3.05, 3.63) is 78.4 Å². The fraction of sp³-hybridized carbons (Fsp3) is 0.261. The van der Waals surface area contributed by atoms with E-state index in [0.29, 0.717) is 6.54 Å². The summed E-state index contributed by atoms with van der Waals surface area (Å²) >= 11 is 0. The number of imidazole rings is 1. The van der Waals surface area contributed by atoms with Crippen molar-refractivity contribution in [1.82, 2.24) is 30.4 Å². The smallest absolute Gasteiger partial charge is 0.191 e. The van der Waals surface area contributed by atoms with Crippen LogP contribution in [0.1, 0.15) is 18.3 Å². The highest BCUT2D eigenvalue weighted by Crippen LogP contribution is 2.11. The molecule has 4 aromatic rings. The van der Waals surface area contributed by atoms with Gasteiger partial charge in [-0.05, 0) is 49.2 Å². The molecule has 2 aromatic carbocycles. The monoisotopic (exact) mass is 529 g/mol. The highest BCUT2D eigenvalue weighted by Gasteiger charge is 2.03. The van der Waals surface area contributed by atoms with Crippen LogP contribution in [-0.2, 0) is 12.8 Å². The lowest BCUT2D eigenvalue weighted by atomic mass is 10.1. The number of benzene rings is 2. The van der Waals surface area contributed by atoms with Crippen LogP contribution >= 0.6 is 24.0 Å². The van der Waals surface area contributed by atoms with Crippen LogP contribution in [0.25, 0.3) is 16.7 Å². The van der Waals surface area contributed by atoms with Gasteiger partial charge in [0.25, 0.3) is 0 Å². The summed E-state index contributed by atoms with van der Waals surface area (Å²) in [6, 6.07) is 18.5. The molecule has 8 heteroatoms. The van der Waals surface area contributed by atoms with Gasteiger partial charge in [0, 0.05) is 38.4 Å². The van der Waals surface area contributed by atoms with Gasteiger partial charge in [0.2, 0.25) is 0 Å². The molecule has 31 heavy (non-hydrogen) atoms. The lowest BCUT2D eigenvalue weighted by molar-refractivity contribution is 0.791. The largest absolute Gasteiger partial charge is 0.357 e. The van der Waals surface area contributed by atoms with E-state index >= 15 is 0 Å². The molecule has 0 aliphatic carbocycles. The average molecular weight is 529 g/mol. The van der Waals surface area contributed by atoms with Gasteiger partial charge in [0.05, 0.1) is 16.7 Å². The molecule has 0 atom stereocenters. The molecule has 0 spiro atoms. The Bertz CT molecular complexity index is 1050. The summed E-state index contributed by atoms with van der Waals surface area (Å²) in [7, 11) is 0. The lowest BCUT2D eigenvalue weighted by Gasteiger charge is -2.11. The number of hydrogen-bond donors (Lipinski definition) is 3. The van der Waals surface area contributed by atoms with Gasteiger partial charge < -0.3 is 15.6 Å². The van der Waals surface area contributed by atoms with E-state index < -0.39 is 0 Å². The molecule has 2 heterocycles. The van der Waals surface area contributed by atoms with E-state index in [0.717, 1.165) is 54.4 Å². The fourth-order valence-corrected chi connectivity index (χ4v) is 3.30. The Hall–Kier alpha value is -2.88. The van der Waals surface area contributed by atoms with Gasteiger partial charge in [-0.25, -0.2) is 9.67 Å². The van der Waals surface area contributed by atoms with Crippen LogP contribution in [0.5, 0.6) is 0 Å². The van der Waals surface area contributed by atoms with Crippen molar-refractivity contribution in [3.8, 4) is 5.69 Å². The number of rotatable bonds is 8. The molecule has 0 radical (unpaired) electrons. The fourth-order valence-electron chi connectivity index (χ4n) is 3.30. The molecule has 0 aliphatic heterocycles. The summed E-state index contributed by atoms with van der Waals surface area (Å²) in [5.41, 5.74) is 4.41. The van der Waals surface area contributed by atoms with E-state index in [1.54, 1.807) is 6.20 Å². The zero-order valence-corrected chi connectivity index (χ0v) is 19.9. The summed E-state index contributed by atoms with van der Waals surface area (Å²) < 4.78 is 1.86. The molecule has 0 bridgehead atoms. The highest BCUT2D eigenvalue weighted by atomic mass is 127. The van der Waals surface area contributed by atoms with Crippen LogP contribution in [-0.4, -0.2) is 45.3 Å². The summed E-state index contributed by atoms with van der Waals surface area (Å²) in [6.45, 7) is 4.39. The number of aromatic amines is 1. The van der Waals surface area contributed by atoms with Gasteiger partial charge in [-0.2, -0.15) is 5.10 Å². The molecule has 0 amide bonds. The minimum Gasteiger partial charge on any atom is -0.357 e. The van der Waals surface area contributed by atoms with Crippen molar-refractivity contribution in [3.63, 3.8) is 0 Å². The number of aliphatic imine (C=N–C) groups is 1. The van der Waals surface area contributed by atoms with Crippen LogP contribution < -0.4 is 10.6 Å². The second kappa shape index (κ2) is 11.5. The average Bonchev–Trinajstić information content (AvgIpc) is 3.44. The molecule has 162 valence electrons. The summed E-state index contributed by atoms with van der Waals surface area (Å²) in [4.78, 5) is 12.6. The summed E-state index contributed by atoms with van der Waals surface area (Å²) in [5.74, 6) is 1.80. The number of fused-ring (bicyclic) bond motifs is 1. The van der Waals surface area contributed by atoms with E-state index in [1.807, 2.05) is 41.2 Å². The van der Waals surface area contributed by atoms with E-state index in [-0.39, 0.29) is 24.0 Å². The molecular weight excluding hydrogens is 501 g/mol. The number of nitrogens with zero attached hydrogens (tertiary/aromatic N) is 4. The zero-order chi connectivity index (χ0) is 20.6. The van der Waals surface area contributed by atoms with E-state index in [1.165, 1.54) is 5.56 Å². The molecule has 3 N–H and O–H groups in total. The first kappa shape index (κ1) is 22.8. The van der Waals surface area contributed by atoms with E-state index in [4.69, 9.17) is 0 Å². The number of guanidine groups is 1. The quantitative estimate of drug-likeness (QED) is 0.185. The van der Waals surface area contributed by atoms with E-state index in [2.05, 4.69) is 61.9 Å². The molecule has 0 aliphatic rings. The Labute approximate surface area is 199 Å². The predicted octanol–water partition coefficient (Wildman–Crippen LogP) is 3.71. The van der Waals surface area contributed by atoms with Gasteiger partial charge in [-0.3, -0.25) is 4.99 Å². The van der Waals surface area contributed by atoms with Crippen molar-refractivity contribution < 1.29 is 0 Å². The maximum Gasteiger partial charge on any atom is 0.191 e. The molecule has 0 saturated heterocycles. The van der Waals surface area contributed by atoms with Crippen molar-refractivity contribution in [2.45, 2.75) is 19.8 Å². The highest BCUT2D eigenvalue weighted by molar-refractivity contribution is 14.0. The molecule has 0 fully saturated rings. The van der Waals surface area contributed by atoms with Gasteiger partial charge in [-0.15, -0.1) is 24.0 Å². The SMILES string of the molecule is CCNC(=NCCc1nc2ccccc2[nH]1)NCCc1ccc(-n2cccn2)cc1.I. The number of halogens is 1. The number of aromatic nitrogens is 4. The minimum absolute atomic E-state index is 0. The Morgan fingerprint density at radius 3 is 2.61 bits per heavy atom. The molecule has 4 rings (SSSR count). The summed E-state index contributed by atoms with van der Waals surface area (Å²) in [6.07, 6.45) is 5.43. The van der Waals surface area contributed by atoms with Crippen LogP contribution in [0.3, 0.4) is 0 Å². The van der Waals surface area contributed by atoms with Gasteiger partial charge in [0.1, 0.15) is 5.82 Å². The third-order valence-corrected chi connectivity index (χ3v) is 4.81. The van der Waals surface area contributed by atoms with Crippen LogP contribution in [0, 0.1) is 0 Å². The predicted molar refractivity (Wildman–Crippen MR) is 136 cm³/mol. The minimum atomic E-state index is 0. The van der Waals surface area contributed by atoms with Gasteiger partial charge in [-0.1, -0.05) is 24.3 Å². The van der Waals surface area contributed by atoms with Crippen LogP contribution in [0.2, 0.25) is 0 Å². The molecule has 7 nitrogen and oxygen atoms in total. The number of hydrogen-bond acceptors (Lipinski definition) is 3. The Morgan fingerprint density at radius 2 is 1.87 bits per heavy atom. The van der Waals surface area contributed by atoms with Gasteiger partial charge >= 0.3 is 0 Å². The lowest BCUT2D eigenvalue weighted by Crippen LogP contribution is -2.38.